The molecule has 1 saturated heterocycles. The molecule has 2 amide bonds. The SMILES string of the molecule is O=Cc1ccc(C2CCC(=O)NC2=O)c2cccnc12. The number of imide groups is 1. The molecule has 0 spiro atoms. The zero-order valence-corrected chi connectivity index (χ0v) is 10.6. The minimum atomic E-state index is -0.375. The van der Waals surface area contributed by atoms with Crippen molar-refractivity contribution in [3.63, 3.8) is 0 Å². The van der Waals surface area contributed by atoms with E-state index in [1.807, 2.05) is 6.07 Å². The molecule has 20 heavy (non-hydrogen) atoms. The Bertz CT molecular complexity index is 724. The molecule has 0 bridgehead atoms. The van der Waals surface area contributed by atoms with Crippen molar-refractivity contribution < 1.29 is 14.4 Å². The molecule has 1 N–H and O–H groups in total. The molecular formula is C15H12N2O3. The highest BCUT2D eigenvalue weighted by molar-refractivity contribution is 6.04. The lowest BCUT2D eigenvalue weighted by Gasteiger charge is -2.22. The fourth-order valence-corrected chi connectivity index (χ4v) is 2.61. The summed E-state index contributed by atoms with van der Waals surface area (Å²) in [5.74, 6) is -0.899. The maximum absolute atomic E-state index is 12.0. The van der Waals surface area contributed by atoms with Gasteiger partial charge in [-0.2, -0.15) is 0 Å². The summed E-state index contributed by atoms with van der Waals surface area (Å²) in [5, 5.41) is 3.14. The van der Waals surface area contributed by atoms with Gasteiger partial charge >= 0.3 is 0 Å². The molecule has 1 aromatic heterocycles. The summed E-state index contributed by atoms with van der Waals surface area (Å²) in [6.07, 6.45) is 3.18. The van der Waals surface area contributed by atoms with E-state index >= 15 is 0 Å². The Balaban J connectivity index is 2.15. The number of amides is 2. The second-order valence-electron chi connectivity index (χ2n) is 4.77. The Morgan fingerprint density at radius 3 is 2.85 bits per heavy atom. The van der Waals surface area contributed by atoms with Crippen molar-refractivity contribution in [3.8, 4) is 0 Å². The first-order valence-corrected chi connectivity index (χ1v) is 6.37. The van der Waals surface area contributed by atoms with E-state index < -0.39 is 0 Å². The van der Waals surface area contributed by atoms with Crippen LogP contribution in [0.15, 0.2) is 30.5 Å². The van der Waals surface area contributed by atoms with Gasteiger partial charge in [-0.15, -0.1) is 0 Å². The maximum atomic E-state index is 12.0. The molecule has 0 radical (unpaired) electrons. The van der Waals surface area contributed by atoms with Gasteiger partial charge in [0.2, 0.25) is 11.8 Å². The molecule has 0 saturated carbocycles. The number of rotatable bonds is 2. The van der Waals surface area contributed by atoms with Crippen LogP contribution in [0.2, 0.25) is 0 Å². The van der Waals surface area contributed by atoms with Gasteiger partial charge in [-0.3, -0.25) is 24.7 Å². The van der Waals surface area contributed by atoms with Gasteiger partial charge in [-0.25, -0.2) is 0 Å². The molecule has 0 aliphatic carbocycles. The molecule has 1 fully saturated rings. The van der Waals surface area contributed by atoms with Crippen LogP contribution in [0.5, 0.6) is 0 Å². The first-order valence-electron chi connectivity index (χ1n) is 6.37. The van der Waals surface area contributed by atoms with E-state index in [2.05, 4.69) is 10.3 Å². The third-order valence-electron chi connectivity index (χ3n) is 3.58. The van der Waals surface area contributed by atoms with Gasteiger partial charge in [0, 0.05) is 23.6 Å². The number of benzene rings is 1. The van der Waals surface area contributed by atoms with E-state index in [0.717, 1.165) is 17.2 Å². The summed E-state index contributed by atoms with van der Waals surface area (Å²) in [7, 11) is 0. The normalized spacial score (nSPS) is 18.9. The number of carbonyl (C=O) groups is 3. The monoisotopic (exact) mass is 268 g/mol. The van der Waals surface area contributed by atoms with Gasteiger partial charge < -0.3 is 0 Å². The standard InChI is InChI=1S/C15H12N2O3/c18-8-9-3-4-10(11-2-1-7-16-14(9)11)12-5-6-13(19)17-15(12)20/h1-4,7-8,12H,5-6H2,(H,17,19,20). The third kappa shape index (κ3) is 1.97. The number of hydrogen-bond acceptors (Lipinski definition) is 4. The van der Waals surface area contributed by atoms with Crippen molar-refractivity contribution in [1.29, 1.82) is 0 Å². The highest BCUT2D eigenvalue weighted by Gasteiger charge is 2.29. The summed E-state index contributed by atoms with van der Waals surface area (Å²) in [6.45, 7) is 0. The van der Waals surface area contributed by atoms with Crippen LogP contribution in [0.4, 0.5) is 0 Å². The number of piperidine rings is 1. The number of nitrogens with zero attached hydrogens (tertiary/aromatic N) is 1. The Hall–Kier alpha value is -2.56. The Labute approximate surface area is 115 Å². The van der Waals surface area contributed by atoms with Gasteiger partial charge in [-0.05, 0) is 24.1 Å². The van der Waals surface area contributed by atoms with Gasteiger partial charge in [0.25, 0.3) is 0 Å². The number of hydrogen-bond donors (Lipinski definition) is 1. The average molecular weight is 268 g/mol. The van der Waals surface area contributed by atoms with E-state index in [1.54, 1.807) is 24.4 Å². The van der Waals surface area contributed by atoms with E-state index in [-0.39, 0.29) is 17.7 Å². The molecule has 1 aliphatic heterocycles. The second kappa shape index (κ2) is 4.85. The highest BCUT2D eigenvalue weighted by atomic mass is 16.2. The van der Waals surface area contributed by atoms with Gasteiger partial charge in [0.1, 0.15) is 0 Å². The summed E-state index contributed by atoms with van der Waals surface area (Å²) in [4.78, 5) is 38.5. The number of fused-ring (bicyclic) bond motifs is 1. The number of aromatic nitrogens is 1. The zero-order valence-electron chi connectivity index (χ0n) is 10.6. The Morgan fingerprint density at radius 2 is 2.10 bits per heavy atom. The zero-order chi connectivity index (χ0) is 14.1. The van der Waals surface area contributed by atoms with E-state index in [4.69, 9.17) is 0 Å². The van der Waals surface area contributed by atoms with E-state index in [9.17, 15) is 14.4 Å². The molecule has 5 heteroatoms. The van der Waals surface area contributed by atoms with Crippen molar-refractivity contribution >= 4 is 29.0 Å². The highest BCUT2D eigenvalue weighted by Crippen LogP contribution is 2.31. The molecule has 100 valence electrons. The Morgan fingerprint density at radius 1 is 1.25 bits per heavy atom. The Kier molecular flexibility index (Phi) is 3.02. The summed E-state index contributed by atoms with van der Waals surface area (Å²) in [5.41, 5.74) is 1.89. The van der Waals surface area contributed by atoms with Gasteiger partial charge in [-0.1, -0.05) is 12.1 Å². The smallest absolute Gasteiger partial charge is 0.234 e. The topological polar surface area (TPSA) is 76.1 Å². The first-order chi connectivity index (χ1) is 9.70. The van der Waals surface area contributed by atoms with E-state index in [0.29, 0.717) is 23.9 Å². The lowest BCUT2D eigenvalue weighted by atomic mass is 9.87. The fraction of sp³-hybridized carbons (Fsp3) is 0.200. The van der Waals surface area contributed by atoms with Crippen LogP contribution in [-0.2, 0) is 9.59 Å². The molecule has 1 aromatic carbocycles. The summed E-state index contributed by atoms with van der Waals surface area (Å²) in [6, 6.07) is 7.05. The summed E-state index contributed by atoms with van der Waals surface area (Å²) < 4.78 is 0. The van der Waals surface area contributed by atoms with E-state index in [1.165, 1.54) is 0 Å². The molecule has 5 nitrogen and oxygen atoms in total. The van der Waals surface area contributed by atoms with Crippen molar-refractivity contribution in [1.82, 2.24) is 10.3 Å². The predicted octanol–water partition coefficient (Wildman–Crippen LogP) is 1.57. The molecule has 1 aliphatic rings. The van der Waals surface area contributed by atoms with Crippen molar-refractivity contribution in [2.24, 2.45) is 0 Å². The number of nitrogens with one attached hydrogen (secondary N) is 1. The number of carbonyl (C=O) groups excluding carboxylic acids is 3. The first kappa shape index (κ1) is 12.5. The fourth-order valence-electron chi connectivity index (χ4n) is 2.61. The molecule has 1 atom stereocenters. The van der Waals surface area contributed by atoms with Crippen LogP contribution in [-0.4, -0.2) is 23.1 Å². The van der Waals surface area contributed by atoms with Crippen LogP contribution in [0.25, 0.3) is 10.9 Å². The van der Waals surface area contributed by atoms with Crippen LogP contribution in [0.1, 0.15) is 34.7 Å². The van der Waals surface area contributed by atoms with Crippen molar-refractivity contribution in [3.05, 3.63) is 41.6 Å². The molecule has 2 aromatic rings. The quantitative estimate of drug-likeness (QED) is 0.662. The molecule has 3 rings (SSSR count). The van der Waals surface area contributed by atoms with Crippen LogP contribution in [0, 0.1) is 0 Å². The number of pyridine rings is 1. The largest absolute Gasteiger partial charge is 0.298 e. The van der Waals surface area contributed by atoms with Gasteiger partial charge in [0.05, 0.1) is 11.4 Å². The minimum absolute atomic E-state index is 0.238. The van der Waals surface area contributed by atoms with Crippen molar-refractivity contribution in [2.45, 2.75) is 18.8 Å². The number of aldehydes is 1. The molecule has 1 unspecified atom stereocenters. The van der Waals surface area contributed by atoms with Crippen molar-refractivity contribution in [2.75, 3.05) is 0 Å². The lowest BCUT2D eigenvalue weighted by Crippen LogP contribution is -2.39. The van der Waals surface area contributed by atoms with Crippen LogP contribution < -0.4 is 5.32 Å². The van der Waals surface area contributed by atoms with Crippen LogP contribution >= 0.6 is 0 Å². The molecule has 2 heterocycles. The van der Waals surface area contributed by atoms with Crippen LogP contribution in [0.3, 0.4) is 0 Å². The average Bonchev–Trinajstić information content (AvgIpc) is 2.47. The predicted molar refractivity (Wildman–Crippen MR) is 72.3 cm³/mol. The lowest BCUT2D eigenvalue weighted by molar-refractivity contribution is -0.134. The maximum Gasteiger partial charge on any atom is 0.234 e. The minimum Gasteiger partial charge on any atom is -0.298 e. The van der Waals surface area contributed by atoms with Gasteiger partial charge in [0.15, 0.2) is 6.29 Å². The molecular weight excluding hydrogens is 256 g/mol. The third-order valence-corrected chi connectivity index (χ3v) is 3.58. The summed E-state index contributed by atoms with van der Waals surface area (Å²) >= 11 is 0. The second-order valence-corrected chi connectivity index (χ2v) is 4.77.